The number of anilines is 1. The predicted octanol–water partition coefficient (Wildman–Crippen LogP) is 1.30. The summed E-state index contributed by atoms with van der Waals surface area (Å²) >= 11 is 0. The molecule has 1 heterocycles. The fourth-order valence-corrected chi connectivity index (χ4v) is 1.02. The van der Waals surface area contributed by atoms with E-state index in [-0.39, 0.29) is 11.9 Å². The summed E-state index contributed by atoms with van der Waals surface area (Å²) in [5.41, 5.74) is 0. The Kier molecular flexibility index (Phi) is 4.56. The monoisotopic (exact) mass is 247 g/mol. The van der Waals surface area contributed by atoms with Crippen molar-refractivity contribution < 1.29 is 18.6 Å². The van der Waals surface area contributed by atoms with E-state index in [0.29, 0.717) is 5.88 Å². The van der Waals surface area contributed by atoms with Gasteiger partial charge >= 0.3 is 0 Å². The summed E-state index contributed by atoms with van der Waals surface area (Å²) in [7, 11) is 0. The molecule has 0 aromatic carbocycles. The van der Waals surface area contributed by atoms with E-state index in [1.807, 2.05) is 13.8 Å². The molecule has 0 fully saturated rings. The molecule has 0 spiro atoms. The molecule has 0 atom stereocenters. The molecule has 5 nitrogen and oxygen atoms in total. The molecule has 0 aliphatic carbocycles. The van der Waals surface area contributed by atoms with Crippen LogP contribution in [0.5, 0.6) is 5.88 Å². The maximum atomic E-state index is 12.8. The van der Waals surface area contributed by atoms with Gasteiger partial charge in [-0.2, -0.15) is 0 Å². The first-order chi connectivity index (χ1) is 7.93. The van der Waals surface area contributed by atoms with Crippen molar-refractivity contribution in [3.05, 3.63) is 12.4 Å². The number of hydrogen-bond acceptors (Lipinski definition) is 5. The number of nitrogens with one attached hydrogen (secondary N) is 1. The van der Waals surface area contributed by atoms with Gasteiger partial charge in [-0.15, -0.1) is 0 Å². The van der Waals surface area contributed by atoms with Gasteiger partial charge in [0.15, 0.2) is 0 Å². The minimum atomic E-state index is -3.18. The summed E-state index contributed by atoms with van der Waals surface area (Å²) in [6.07, 6.45) is 1.16. The lowest BCUT2D eigenvalue weighted by Crippen LogP contribution is -2.31. The van der Waals surface area contributed by atoms with Crippen LogP contribution in [0.15, 0.2) is 12.4 Å². The lowest BCUT2D eigenvalue weighted by molar-refractivity contribution is -0.0373. The van der Waals surface area contributed by atoms with Crippen molar-refractivity contribution in [2.45, 2.75) is 25.9 Å². The van der Waals surface area contributed by atoms with Crippen LogP contribution in [0.3, 0.4) is 0 Å². The van der Waals surface area contributed by atoms with Gasteiger partial charge in [-0.1, -0.05) is 0 Å². The zero-order chi connectivity index (χ0) is 12.9. The van der Waals surface area contributed by atoms with Crippen LogP contribution in [-0.4, -0.2) is 40.3 Å². The Labute approximate surface area is 97.8 Å². The van der Waals surface area contributed by atoms with Crippen LogP contribution < -0.4 is 10.1 Å². The molecule has 1 rings (SSSR count). The summed E-state index contributed by atoms with van der Waals surface area (Å²) < 4.78 is 30.8. The molecule has 96 valence electrons. The number of aromatic nitrogens is 2. The maximum absolute atomic E-state index is 12.8. The van der Waals surface area contributed by atoms with E-state index >= 15 is 0 Å². The molecule has 2 N–H and O–H groups in total. The van der Waals surface area contributed by atoms with Crippen LogP contribution in [-0.2, 0) is 0 Å². The van der Waals surface area contributed by atoms with Gasteiger partial charge in [-0.25, -0.2) is 18.7 Å². The van der Waals surface area contributed by atoms with Gasteiger partial charge in [0.1, 0.15) is 18.8 Å². The van der Waals surface area contributed by atoms with Crippen molar-refractivity contribution in [1.82, 2.24) is 9.97 Å². The molecule has 0 saturated heterocycles. The molecule has 1 aromatic heterocycles. The average molecular weight is 247 g/mol. The highest BCUT2D eigenvalue weighted by Crippen LogP contribution is 2.16. The van der Waals surface area contributed by atoms with Gasteiger partial charge in [0, 0.05) is 6.07 Å². The Hall–Kier alpha value is -1.50. The van der Waals surface area contributed by atoms with Crippen molar-refractivity contribution in [3.63, 3.8) is 0 Å². The Morgan fingerprint density at radius 1 is 1.47 bits per heavy atom. The Bertz CT molecular complexity index is 361. The van der Waals surface area contributed by atoms with Crippen molar-refractivity contribution in [2.75, 3.05) is 18.5 Å². The quantitative estimate of drug-likeness (QED) is 0.793. The molecule has 7 heteroatoms. The predicted molar refractivity (Wildman–Crippen MR) is 58.3 cm³/mol. The normalized spacial score (nSPS) is 11.6. The summed E-state index contributed by atoms with van der Waals surface area (Å²) in [5, 5.41) is 10.8. The molecule has 1 aromatic rings. The highest BCUT2D eigenvalue weighted by Gasteiger charge is 2.27. The summed E-state index contributed by atoms with van der Waals surface area (Å²) in [6, 6.07) is 1.42. The third-order valence-corrected chi connectivity index (χ3v) is 1.76. The van der Waals surface area contributed by atoms with E-state index in [1.54, 1.807) is 0 Å². The molecule has 0 bridgehead atoms. The fourth-order valence-electron chi connectivity index (χ4n) is 1.02. The smallest absolute Gasteiger partial charge is 0.287 e. The first-order valence-electron chi connectivity index (χ1n) is 5.14. The number of aliphatic hydroxyl groups is 1. The molecule has 0 amide bonds. The zero-order valence-corrected chi connectivity index (χ0v) is 9.65. The number of halogens is 2. The summed E-state index contributed by atoms with van der Waals surface area (Å²) in [6.45, 7) is 1.76. The zero-order valence-electron chi connectivity index (χ0n) is 9.65. The first kappa shape index (κ1) is 13.6. The van der Waals surface area contributed by atoms with Crippen molar-refractivity contribution in [1.29, 1.82) is 0 Å². The highest BCUT2D eigenvalue weighted by molar-refractivity contribution is 5.37. The van der Waals surface area contributed by atoms with E-state index in [2.05, 4.69) is 15.3 Å². The van der Waals surface area contributed by atoms with Crippen LogP contribution >= 0.6 is 0 Å². The van der Waals surface area contributed by atoms with Crippen LogP contribution in [0.25, 0.3) is 0 Å². The average Bonchev–Trinajstić information content (AvgIpc) is 2.26. The second-order valence-corrected chi connectivity index (χ2v) is 3.78. The van der Waals surface area contributed by atoms with Gasteiger partial charge in [0.05, 0.1) is 12.6 Å². The molecule has 0 unspecified atom stereocenters. The number of nitrogens with zero attached hydrogens (tertiary/aromatic N) is 2. The fraction of sp³-hybridized carbons (Fsp3) is 0.600. The van der Waals surface area contributed by atoms with Crippen LogP contribution in [0.2, 0.25) is 0 Å². The number of alkyl halides is 2. The minimum Gasteiger partial charge on any atom is -0.475 e. The SMILES string of the molecule is CC(C)Oc1cc(NCC(F)(F)CO)ncn1. The lowest BCUT2D eigenvalue weighted by atomic mass is 10.3. The van der Waals surface area contributed by atoms with Gasteiger partial charge in [-0.05, 0) is 13.8 Å². The van der Waals surface area contributed by atoms with Crippen LogP contribution in [0, 0.1) is 0 Å². The number of rotatable bonds is 6. The summed E-state index contributed by atoms with van der Waals surface area (Å²) in [4.78, 5) is 7.60. The second-order valence-electron chi connectivity index (χ2n) is 3.78. The third-order valence-electron chi connectivity index (χ3n) is 1.76. The number of aliphatic hydroxyl groups excluding tert-OH is 1. The number of ether oxygens (including phenoxy) is 1. The summed E-state index contributed by atoms with van der Waals surface area (Å²) in [5.74, 6) is -2.64. The second kappa shape index (κ2) is 5.72. The first-order valence-corrected chi connectivity index (χ1v) is 5.14. The highest BCUT2D eigenvalue weighted by atomic mass is 19.3. The Morgan fingerprint density at radius 3 is 2.76 bits per heavy atom. The van der Waals surface area contributed by atoms with Crippen molar-refractivity contribution in [3.8, 4) is 5.88 Å². The van der Waals surface area contributed by atoms with Gasteiger partial charge in [0.2, 0.25) is 5.88 Å². The van der Waals surface area contributed by atoms with Crippen LogP contribution in [0.1, 0.15) is 13.8 Å². The van der Waals surface area contributed by atoms with E-state index in [0.717, 1.165) is 0 Å². The van der Waals surface area contributed by atoms with Crippen molar-refractivity contribution >= 4 is 5.82 Å². The number of hydrogen-bond donors (Lipinski definition) is 2. The Morgan fingerprint density at radius 2 is 2.18 bits per heavy atom. The molecule has 17 heavy (non-hydrogen) atoms. The molecule has 0 radical (unpaired) electrons. The minimum absolute atomic E-state index is 0.0587. The van der Waals surface area contributed by atoms with Gasteiger partial charge < -0.3 is 15.2 Å². The van der Waals surface area contributed by atoms with E-state index < -0.39 is 19.1 Å². The molecule has 0 saturated carbocycles. The molecular weight excluding hydrogens is 232 g/mol. The van der Waals surface area contributed by atoms with E-state index in [1.165, 1.54) is 12.4 Å². The third kappa shape index (κ3) is 4.90. The largest absolute Gasteiger partial charge is 0.475 e. The van der Waals surface area contributed by atoms with Crippen molar-refractivity contribution in [2.24, 2.45) is 0 Å². The van der Waals surface area contributed by atoms with Gasteiger partial charge in [-0.3, -0.25) is 0 Å². The van der Waals surface area contributed by atoms with Gasteiger partial charge in [0.25, 0.3) is 5.92 Å². The Balaban J connectivity index is 2.60. The van der Waals surface area contributed by atoms with E-state index in [9.17, 15) is 8.78 Å². The molecule has 0 aliphatic heterocycles. The molecule has 0 aliphatic rings. The topological polar surface area (TPSA) is 67.3 Å². The maximum Gasteiger partial charge on any atom is 0.287 e. The van der Waals surface area contributed by atoms with Crippen LogP contribution in [0.4, 0.5) is 14.6 Å². The lowest BCUT2D eigenvalue weighted by Gasteiger charge is -2.15. The molecular formula is C10H15F2N3O2. The van der Waals surface area contributed by atoms with E-state index in [4.69, 9.17) is 9.84 Å². The standard InChI is InChI=1S/C10H15F2N3O2/c1-7(2)17-9-3-8(14-6-15-9)13-4-10(11,12)5-16/h3,6-7,16H,4-5H2,1-2H3,(H,13,14,15).